The number of carbonyl (C=O) groups excluding carboxylic acids is 2. The standard InChI is InChI=1S/C18H23N3O3/c1-14(15-6-3-2-4-7-15)9-10-19-18(23)21-13-17(22)20-12-16-8-5-11-24-16/h2-8,11,14H,9-10,12-13H2,1H3,(H,20,22)(H2,19,21,23)/t14-/m1/s1. The predicted molar refractivity (Wildman–Crippen MR) is 91.4 cm³/mol. The Hall–Kier alpha value is -2.76. The fourth-order valence-corrected chi connectivity index (χ4v) is 2.23. The van der Waals surface area contributed by atoms with Crippen molar-refractivity contribution in [3.63, 3.8) is 0 Å². The van der Waals surface area contributed by atoms with Gasteiger partial charge < -0.3 is 20.4 Å². The molecule has 1 aromatic carbocycles. The van der Waals surface area contributed by atoms with Gasteiger partial charge in [0.2, 0.25) is 5.91 Å². The summed E-state index contributed by atoms with van der Waals surface area (Å²) in [7, 11) is 0. The highest BCUT2D eigenvalue weighted by molar-refractivity contribution is 5.83. The number of carbonyl (C=O) groups is 2. The van der Waals surface area contributed by atoms with Crippen LogP contribution in [0.25, 0.3) is 0 Å². The predicted octanol–water partition coefficient (Wildman–Crippen LogP) is 2.39. The van der Waals surface area contributed by atoms with Gasteiger partial charge in [-0.05, 0) is 30.0 Å². The molecule has 1 aromatic heterocycles. The molecular formula is C18H23N3O3. The Bertz CT molecular complexity index is 626. The van der Waals surface area contributed by atoms with Gasteiger partial charge >= 0.3 is 6.03 Å². The highest BCUT2D eigenvalue weighted by Crippen LogP contribution is 2.17. The summed E-state index contributed by atoms with van der Waals surface area (Å²) in [6, 6.07) is 13.3. The van der Waals surface area contributed by atoms with E-state index in [0.29, 0.717) is 24.8 Å². The van der Waals surface area contributed by atoms with Crippen molar-refractivity contribution in [1.29, 1.82) is 0 Å². The van der Waals surface area contributed by atoms with Crippen molar-refractivity contribution >= 4 is 11.9 Å². The minimum absolute atomic E-state index is 0.0687. The van der Waals surface area contributed by atoms with E-state index in [4.69, 9.17) is 4.42 Å². The average molecular weight is 329 g/mol. The van der Waals surface area contributed by atoms with Gasteiger partial charge in [-0.15, -0.1) is 0 Å². The molecule has 0 unspecified atom stereocenters. The van der Waals surface area contributed by atoms with Crippen LogP contribution >= 0.6 is 0 Å². The van der Waals surface area contributed by atoms with Crippen molar-refractivity contribution in [3.8, 4) is 0 Å². The number of hydrogen-bond acceptors (Lipinski definition) is 3. The average Bonchev–Trinajstić information content (AvgIpc) is 3.12. The topological polar surface area (TPSA) is 83.4 Å². The molecule has 3 N–H and O–H groups in total. The Labute approximate surface area is 141 Å². The van der Waals surface area contributed by atoms with E-state index in [-0.39, 0.29) is 18.5 Å². The third-order valence-corrected chi connectivity index (χ3v) is 3.68. The summed E-state index contributed by atoms with van der Waals surface area (Å²) < 4.78 is 5.11. The number of furan rings is 1. The van der Waals surface area contributed by atoms with E-state index in [2.05, 4.69) is 35.0 Å². The molecule has 6 nitrogen and oxygen atoms in total. The van der Waals surface area contributed by atoms with E-state index in [9.17, 15) is 9.59 Å². The second-order valence-corrected chi connectivity index (χ2v) is 5.57. The monoisotopic (exact) mass is 329 g/mol. The quantitative estimate of drug-likeness (QED) is 0.695. The van der Waals surface area contributed by atoms with Crippen LogP contribution in [0.1, 0.15) is 30.6 Å². The first-order valence-corrected chi connectivity index (χ1v) is 8.01. The first-order valence-electron chi connectivity index (χ1n) is 8.01. The van der Waals surface area contributed by atoms with Crippen LogP contribution in [0.2, 0.25) is 0 Å². The van der Waals surface area contributed by atoms with E-state index >= 15 is 0 Å². The number of hydrogen-bond donors (Lipinski definition) is 3. The molecule has 2 aromatic rings. The zero-order valence-corrected chi connectivity index (χ0v) is 13.7. The van der Waals surface area contributed by atoms with Gasteiger partial charge in [0.1, 0.15) is 5.76 Å². The van der Waals surface area contributed by atoms with Crippen LogP contribution in [0.15, 0.2) is 53.1 Å². The lowest BCUT2D eigenvalue weighted by atomic mass is 9.98. The van der Waals surface area contributed by atoms with E-state index < -0.39 is 0 Å². The largest absolute Gasteiger partial charge is 0.467 e. The third kappa shape index (κ3) is 6.16. The number of benzene rings is 1. The third-order valence-electron chi connectivity index (χ3n) is 3.68. The van der Waals surface area contributed by atoms with Crippen LogP contribution < -0.4 is 16.0 Å². The summed E-state index contributed by atoms with van der Waals surface area (Å²) in [6.07, 6.45) is 2.38. The normalized spacial score (nSPS) is 11.5. The molecular weight excluding hydrogens is 306 g/mol. The highest BCUT2D eigenvalue weighted by Gasteiger charge is 2.08. The van der Waals surface area contributed by atoms with Gasteiger partial charge in [-0.3, -0.25) is 4.79 Å². The zero-order valence-electron chi connectivity index (χ0n) is 13.7. The molecule has 6 heteroatoms. The van der Waals surface area contributed by atoms with Crippen molar-refractivity contribution in [1.82, 2.24) is 16.0 Å². The summed E-state index contributed by atoms with van der Waals surface area (Å²) in [4.78, 5) is 23.3. The summed E-state index contributed by atoms with van der Waals surface area (Å²) in [5, 5.41) is 7.95. The van der Waals surface area contributed by atoms with Gasteiger partial charge in [0, 0.05) is 6.54 Å². The molecule has 0 spiro atoms. The van der Waals surface area contributed by atoms with Gasteiger partial charge in [-0.25, -0.2) is 4.79 Å². The second kappa shape index (κ2) is 9.39. The lowest BCUT2D eigenvalue weighted by Crippen LogP contribution is -2.42. The number of nitrogens with one attached hydrogen (secondary N) is 3. The number of urea groups is 1. The summed E-state index contributed by atoms with van der Waals surface area (Å²) in [5.41, 5.74) is 1.25. The maximum atomic E-state index is 11.7. The van der Waals surface area contributed by atoms with Crippen LogP contribution in [-0.2, 0) is 11.3 Å². The molecule has 2 rings (SSSR count). The molecule has 0 fully saturated rings. The maximum Gasteiger partial charge on any atom is 0.315 e. The SMILES string of the molecule is C[C@H](CCNC(=O)NCC(=O)NCc1ccco1)c1ccccc1. The molecule has 0 aliphatic rings. The minimum atomic E-state index is -0.344. The van der Waals surface area contributed by atoms with Crippen molar-refractivity contribution in [2.75, 3.05) is 13.1 Å². The van der Waals surface area contributed by atoms with Gasteiger partial charge in [0.05, 0.1) is 19.4 Å². The Morgan fingerprint density at radius 2 is 1.83 bits per heavy atom. The maximum absolute atomic E-state index is 11.7. The van der Waals surface area contributed by atoms with Gasteiger partial charge in [0.15, 0.2) is 0 Å². The lowest BCUT2D eigenvalue weighted by molar-refractivity contribution is -0.120. The number of amides is 3. The first-order chi connectivity index (χ1) is 11.6. The van der Waals surface area contributed by atoms with Crippen LogP contribution in [0.4, 0.5) is 4.79 Å². The summed E-state index contributed by atoms with van der Waals surface area (Å²) >= 11 is 0. The van der Waals surface area contributed by atoms with Gasteiger partial charge in [-0.1, -0.05) is 37.3 Å². The molecule has 24 heavy (non-hydrogen) atoms. The molecule has 0 bridgehead atoms. The molecule has 0 radical (unpaired) electrons. The molecule has 0 aliphatic heterocycles. The molecule has 3 amide bonds. The van der Waals surface area contributed by atoms with Crippen molar-refractivity contribution in [2.45, 2.75) is 25.8 Å². The Balaban J connectivity index is 1.57. The summed E-state index contributed by atoms with van der Waals surface area (Å²) in [6.45, 7) is 2.91. The molecule has 0 saturated heterocycles. The Kier molecular flexibility index (Phi) is 6.89. The second-order valence-electron chi connectivity index (χ2n) is 5.57. The van der Waals surface area contributed by atoms with Crippen molar-refractivity contribution < 1.29 is 14.0 Å². The Morgan fingerprint density at radius 1 is 1.04 bits per heavy atom. The highest BCUT2D eigenvalue weighted by atomic mass is 16.3. The molecule has 1 atom stereocenters. The van der Waals surface area contributed by atoms with Gasteiger partial charge in [-0.2, -0.15) is 0 Å². The smallest absolute Gasteiger partial charge is 0.315 e. The minimum Gasteiger partial charge on any atom is -0.467 e. The van der Waals surface area contributed by atoms with E-state index in [1.165, 1.54) is 5.56 Å². The van der Waals surface area contributed by atoms with Crippen molar-refractivity contribution in [3.05, 3.63) is 60.1 Å². The van der Waals surface area contributed by atoms with Crippen LogP contribution in [0.3, 0.4) is 0 Å². The van der Waals surface area contributed by atoms with Crippen molar-refractivity contribution in [2.24, 2.45) is 0 Å². The fourth-order valence-electron chi connectivity index (χ4n) is 2.23. The number of rotatable bonds is 8. The molecule has 0 saturated carbocycles. The Morgan fingerprint density at radius 3 is 2.54 bits per heavy atom. The zero-order chi connectivity index (χ0) is 17.2. The lowest BCUT2D eigenvalue weighted by Gasteiger charge is -2.13. The van der Waals surface area contributed by atoms with E-state index in [1.54, 1.807) is 18.4 Å². The van der Waals surface area contributed by atoms with E-state index in [1.807, 2.05) is 18.2 Å². The van der Waals surface area contributed by atoms with Crippen LogP contribution in [0, 0.1) is 0 Å². The van der Waals surface area contributed by atoms with E-state index in [0.717, 1.165) is 6.42 Å². The molecule has 0 aliphatic carbocycles. The first kappa shape index (κ1) is 17.6. The van der Waals surface area contributed by atoms with Crippen LogP contribution in [0.5, 0.6) is 0 Å². The molecule has 128 valence electrons. The van der Waals surface area contributed by atoms with Gasteiger partial charge in [0.25, 0.3) is 0 Å². The fraction of sp³-hybridized carbons (Fsp3) is 0.333. The van der Waals surface area contributed by atoms with Crippen LogP contribution in [-0.4, -0.2) is 25.0 Å². The molecule has 1 heterocycles. The summed E-state index contributed by atoms with van der Waals surface area (Å²) in [5.74, 6) is 0.769.